The van der Waals surface area contributed by atoms with Crippen molar-refractivity contribution in [2.24, 2.45) is 0 Å². The highest BCUT2D eigenvalue weighted by atomic mass is 16.5. The van der Waals surface area contributed by atoms with Crippen molar-refractivity contribution in [1.82, 2.24) is 0 Å². The van der Waals surface area contributed by atoms with Crippen molar-refractivity contribution in [2.45, 2.75) is 39.5 Å². The first kappa shape index (κ1) is 7.64. The van der Waals surface area contributed by atoms with Crippen LogP contribution in [0, 0.1) is 0 Å². The van der Waals surface area contributed by atoms with Gasteiger partial charge in [-0.15, -0.1) is 0 Å². The molecule has 1 aliphatic rings. The molecular formula is C9H16O. The quantitative estimate of drug-likeness (QED) is 0.573. The van der Waals surface area contributed by atoms with Crippen molar-refractivity contribution in [3.8, 4) is 0 Å². The molecule has 0 aromatic heterocycles. The molecule has 1 nitrogen and oxygen atoms in total. The highest BCUT2D eigenvalue weighted by Gasteiger charge is 2.09. The van der Waals surface area contributed by atoms with Crippen molar-refractivity contribution < 1.29 is 4.74 Å². The van der Waals surface area contributed by atoms with Crippen LogP contribution in [0.3, 0.4) is 0 Å². The molecule has 0 radical (unpaired) electrons. The Bertz CT molecular complexity index is 120. The third kappa shape index (κ3) is 1.53. The van der Waals surface area contributed by atoms with Crippen LogP contribution in [0.5, 0.6) is 0 Å². The molecule has 0 atom stereocenters. The van der Waals surface area contributed by atoms with Crippen molar-refractivity contribution in [1.29, 1.82) is 0 Å². The summed E-state index contributed by atoms with van der Waals surface area (Å²) >= 11 is 0. The summed E-state index contributed by atoms with van der Waals surface area (Å²) in [4.78, 5) is 0. The molecule has 0 aromatic carbocycles. The fourth-order valence-corrected chi connectivity index (χ4v) is 1.45. The normalized spacial score (nSPS) is 19.0. The molecule has 1 aliphatic heterocycles. The maximum absolute atomic E-state index is 5.51. The third-order valence-electron chi connectivity index (χ3n) is 2.04. The zero-order chi connectivity index (χ0) is 7.40. The first-order chi connectivity index (χ1) is 4.88. The van der Waals surface area contributed by atoms with E-state index < -0.39 is 0 Å². The molecular weight excluding hydrogens is 124 g/mol. The predicted octanol–water partition coefficient (Wildman–Crippen LogP) is 2.87. The molecule has 1 rings (SSSR count). The molecule has 10 heavy (non-hydrogen) atoms. The number of allylic oxidation sites excluding steroid dienone is 2. The van der Waals surface area contributed by atoms with Crippen LogP contribution in [-0.4, -0.2) is 6.61 Å². The largest absolute Gasteiger partial charge is 0.498 e. The van der Waals surface area contributed by atoms with Crippen LogP contribution in [0.2, 0.25) is 0 Å². The second-order valence-electron chi connectivity index (χ2n) is 2.69. The van der Waals surface area contributed by atoms with Gasteiger partial charge in [0, 0.05) is 6.42 Å². The second-order valence-corrected chi connectivity index (χ2v) is 2.69. The van der Waals surface area contributed by atoms with E-state index in [0.717, 1.165) is 13.0 Å². The Morgan fingerprint density at radius 2 is 2.10 bits per heavy atom. The van der Waals surface area contributed by atoms with Gasteiger partial charge in [0.05, 0.1) is 12.4 Å². The second kappa shape index (κ2) is 3.65. The lowest BCUT2D eigenvalue weighted by Gasteiger charge is -2.19. The minimum Gasteiger partial charge on any atom is -0.498 e. The van der Waals surface area contributed by atoms with E-state index in [9.17, 15) is 0 Å². The Labute approximate surface area is 63.1 Å². The average molecular weight is 140 g/mol. The van der Waals surface area contributed by atoms with Gasteiger partial charge in [0.1, 0.15) is 0 Å². The van der Waals surface area contributed by atoms with Crippen molar-refractivity contribution in [2.75, 3.05) is 6.61 Å². The molecule has 1 heteroatoms. The van der Waals surface area contributed by atoms with E-state index in [1.54, 1.807) is 0 Å². The smallest absolute Gasteiger partial charge is 0.0948 e. The first-order valence-corrected chi connectivity index (χ1v) is 4.22. The lowest BCUT2D eigenvalue weighted by Crippen LogP contribution is -2.05. The standard InChI is InChI=1S/C9H16O/c1-3-8-6-5-7-10-9(8)4-2/h3-7H2,1-2H3. The van der Waals surface area contributed by atoms with Gasteiger partial charge in [0.25, 0.3) is 0 Å². The summed E-state index contributed by atoms with van der Waals surface area (Å²) in [5.74, 6) is 1.26. The molecule has 0 amide bonds. The van der Waals surface area contributed by atoms with E-state index >= 15 is 0 Å². The Kier molecular flexibility index (Phi) is 2.79. The minimum absolute atomic E-state index is 0.937. The van der Waals surface area contributed by atoms with Crippen LogP contribution in [0.15, 0.2) is 11.3 Å². The average Bonchev–Trinajstić information content (AvgIpc) is 2.04. The molecule has 0 unspecified atom stereocenters. The summed E-state index contributed by atoms with van der Waals surface area (Å²) < 4.78 is 5.51. The molecule has 0 saturated heterocycles. The lowest BCUT2D eigenvalue weighted by molar-refractivity contribution is 0.178. The molecule has 0 bridgehead atoms. The van der Waals surface area contributed by atoms with E-state index in [0.29, 0.717) is 0 Å². The highest BCUT2D eigenvalue weighted by Crippen LogP contribution is 2.23. The van der Waals surface area contributed by atoms with Crippen LogP contribution in [0.1, 0.15) is 39.5 Å². The van der Waals surface area contributed by atoms with Crippen molar-refractivity contribution >= 4 is 0 Å². The van der Waals surface area contributed by atoms with Gasteiger partial charge in [-0.25, -0.2) is 0 Å². The number of hydrogen-bond acceptors (Lipinski definition) is 1. The predicted molar refractivity (Wildman–Crippen MR) is 42.8 cm³/mol. The molecule has 1 heterocycles. The zero-order valence-electron chi connectivity index (χ0n) is 6.94. The Balaban J connectivity index is 2.63. The summed E-state index contributed by atoms with van der Waals surface area (Å²) in [6, 6.07) is 0. The van der Waals surface area contributed by atoms with E-state index in [1.165, 1.54) is 30.6 Å². The lowest BCUT2D eigenvalue weighted by atomic mass is 10.0. The van der Waals surface area contributed by atoms with Crippen LogP contribution in [0.4, 0.5) is 0 Å². The maximum Gasteiger partial charge on any atom is 0.0948 e. The van der Waals surface area contributed by atoms with Crippen LogP contribution in [-0.2, 0) is 4.74 Å². The Morgan fingerprint density at radius 3 is 2.60 bits per heavy atom. The van der Waals surface area contributed by atoms with E-state index in [4.69, 9.17) is 4.74 Å². The topological polar surface area (TPSA) is 9.23 Å². The van der Waals surface area contributed by atoms with Gasteiger partial charge in [-0.3, -0.25) is 0 Å². The zero-order valence-corrected chi connectivity index (χ0v) is 6.94. The molecule has 0 N–H and O–H groups in total. The third-order valence-corrected chi connectivity index (χ3v) is 2.04. The Morgan fingerprint density at radius 1 is 1.30 bits per heavy atom. The Hall–Kier alpha value is -0.460. The van der Waals surface area contributed by atoms with Gasteiger partial charge < -0.3 is 4.74 Å². The fraction of sp³-hybridized carbons (Fsp3) is 0.778. The van der Waals surface area contributed by atoms with Gasteiger partial charge in [0.2, 0.25) is 0 Å². The summed E-state index contributed by atoms with van der Waals surface area (Å²) in [7, 11) is 0. The van der Waals surface area contributed by atoms with E-state index in [-0.39, 0.29) is 0 Å². The van der Waals surface area contributed by atoms with Gasteiger partial charge in [-0.2, -0.15) is 0 Å². The van der Waals surface area contributed by atoms with Crippen molar-refractivity contribution in [3.63, 3.8) is 0 Å². The van der Waals surface area contributed by atoms with E-state index in [1.807, 2.05) is 0 Å². The first-order valence-electron chi connectivity index (χ1n) is 4.22. The van der Waals surface area contributed by atoms with E-state index in [2.05, 4.69) is 13.8 Å². The van der Waals surface area contributed by atoms with Gasteiger partial charge in [-0.1, -0.05) is 13.8 Å². The molecule has 0 aliphatic carbocycles. The molecule has 0 saturated carbocycles. The maximum atomic E-state index is 5.51. The molecule has 0 spiro atoms. The summed E-state index contributed by atoms with van der Waals surface area (Å²) in [5.41, 5.74) is 1.54. The van der Waals surface area contributed by atoms with Crippen LogP contribution >= 0.6 is 0 Å². The molecule has 0 fully saturated rings. The summed E-state index contributed by atoms with van der Waals surface area (Å²) in [6.45, 7) is 5.31. The minimum atomic E-state index is 0.937. The SMILES string of the molecule is CCC1=C(CC)OCCC1. The van der Waals surface area contributed by atoms with Crippen molar-refractivity contribution in [3.05, 3.63) is 11.3 Å². The van der Waals surface area contributed by atoms with Crippen LogP contribution in [0.25, 0.3) is 0 Å². The summed E-state index contributed by atoms with van der Waals surface area (Å²) in [5, 5.41) is 0. The highest BCUT2D eigenvalue weighted by molar-refractivity contribution is 5.09. The molecule has 58 valence electrons. The van der Waals surface area contributed by atoms with Gasteiger partial charge >= 0.3 is 0 Å². The summed E-state index contributed by atoms with van der Waals surface area (Å²) in [6.07, 6.45) is 4.72. The number of rotatable bonds is 2. The van der Waals surface area contributed by atoms with Crippen LogP contribution < -0.4 is 0 Å². The monoisotopic (exact) mass is 140 g/mol. The van der Waals surface area contributed by atoms with Gasteiger partial charge in [0.15, 0.2) is 0 Å². The molecule has 0 aromatic rings. The van der Waals surface area contributed by atoms with Gasteiger partial charge in [-0.05, 0) is 24.8 Å². The fourth-order valence-electron chi connectivity index (χ4n) is 1.45. The number of hydrogen-bond donors (Lipinski definition) is 0. The number of ether oxygens (including phenoxy) is 1.